The van der Waals surface area contributed by atoms with Crippen LogP contribution in [0.1, 0.15) is 31.2 Å². The number of piperazine rings is 1. The van der Waals surface area contributed by atoms with Crippen LogP contribution in [0.4, 0.5) is 5.69 Å². The summed E-state index contributed by atoms with van der Waals surface area (Å²) in [5.74, 6) is -2.14. The average Bonchev–Trinajstić information content (AvgIpc) is 2.63. The highest BCUT2D eigenvalue weighted by Crippen LogP contribution is 2.32. The number of carbonyl (C=O) groups excluding carboxylic acids is 2. The van der Waals surface area contributed by atoms with Crippen molar-refractivity contribution < 1.29 is 14.7 Å². The summed E-state index contributed by atoms with van der Waals surface area (Å²) < 4.78 is 0. The maximum absolute atomic E-state index is 12.8. The molecule has 2 aliphatic rings. The number of hydrogen-bond acceptors (Lipinski definition) is 4. The van der Waals surface area contributed by atoms with Crippen molar-refractivity contribution in [3.05, 3.63) is 28.8 Å². The van der Waals surface area contributed by atoms with E-state index in [4.69, 9.17) is 11.6 Å². The molecule has 6 heteroatoms. The monoisotopic (exact) mass is 363 g/mol. The summed E-state index contributed by atoms with van der Waals surface area (Å²) in [4.78, 5) is 28.2. The zero-order valence-corrected chi connectivity index (χ0v) is 15.3. The van der Waals surface area contributed by atoms with Gasteiger partial charge in [-0.25, -0.2) is 0 Å². The highest BCUT2D eigenvalue weighted by molar-refractivity contribution is 6.30. The molecule has 1 saturated heterocycles. The summed E-state index contributed by atoms with van der Waals surface area (Å²) in [6, 6.07) is 5.84. The molecule has 25 heavy (non-hydrogen) atoms. The Morgan fingerprint density at radius 3 is 2.36 bits per heavy atom. The van der Waals surface area contributed by atoms with E-state index in [1.165, 1.54) is 0 Å². The lowest BCUT2D eigenvalue weighted by Crippen LogP contribution is -2.53. The molecule has 1 aliphatic heterocycles. The van der Waals surface area contributed by atoms with Crippen molar-refractivity contribution in [1.82, 2.24) is 4.90 Å². The predicted octanol–water partition coefficient (Wildman–Crippen LogP) is 1.85. The number of rotatable bonds is 3. The number of aliphatic carboxylic acids is 1. The smallest absolute Gasteiger partial charge is 0.226 e. The van der Waals surface area contributed by atoms with Gasteiger partial charge in [0.2, 0.25) is 5.91 Å². The van der Waals surface area contributed by atoms with Crippen molar-refractivity contribution in [2.45, 2.75) is 32.6 Å². The fourth-order valence-corrected chi connectivity index (χ4v) is 4.20. The zero-order chi connectivity index (χ0) is 18.0. The van der Waals surface area contributed by atoms with Gasteiger partial charge < -0.3 is 19.7 Å². The Morgan fingerprint density at radius 1 is 1.08 bits per heavy atom. The highest BCUT2D eigenvalue weighted by atomic mass is 35.5. The molecule has 2 atom stereocenters. The van der Waals surface area contributed by atoms with Gasteiger partial charge in [0.1, 0.15) is 0 Å². The van der Waals surface area contributed by atoms with E-state index in [-0.39, 0.29) is 5.91 Å². The lowest BCUT2D eigenvalue weighted by atomic mass is 9.78. The third-order valence-corrected chi connectivity index (χ3v) is 5.72. The fourth-order valence-electron chi connectivity index (χ4n) is 4.03. The van der Waals surface area contributed by atoms with Gasteiger partial charge in [-0.15, -0.1) is 0 Å². The Bertz CT molecular complexity index is 656. The van der Waals surface area contributed by atoms with Gasteiger partial charge in [0.15, 0.2) is 0 Å². The SMILES string of the molecule is Cc1ccc(Cl)cc1N1CCN(C(=O)[C@@H]2CCCC[C@H]2C(=O)[O-])CC1. The zero-order valence-electron chi connectivity index (χ0n) is 14.5. The van der Waals surface area contributed by atoms with E-state index in [1.807, 2.05) is 23.1 Å². The Kier molecular flexibility index (Phi) is 5.52. The maximum Gasteiger partial charge on any atom is 0.226 e. The van der Waals surface area contributed by atoms with Crippen LogP contribution in [0, 0.1) is 18.8 Å². The van der Waals surface area contributed by atoms with Crippen LogP contribution in [0.25, 0.3) is 0 Å². The molecule has 0 unspecified atom stereocenters. The van der Waals surface area contributed by atoms with Crippen molar-refractivity contribution in [2.75, 3.05) is 31.1 Å². The second-order valence-corrected chi connectivity index (χ2v) is 7.50. The molecule has 3 rings (SSSR count). The summed E-state index contributed by atoms with van der Waals surface area (Å²) in [7, 11) is 0. The number of nitrogens with zero attached hydrogens (tertiary/aromatic N) is 2. The van der Waals surface area contributed by atoms with E-state index in [9.17, 15) is 14.7 Å². The molecule has 1 aromatic rings. The number of amides is 1. The Morgan fingerprint density at radius 2 is 1.72 bits per heavy atom. The number of aryl methyl sites for hydroxylation is 1. The largest absolute Gasteiger partial charge is 0.550 e. The minimum Gasteiger partial charge on any atom is -0.550 e. The van der Waals surface area contributed by atoms with Crippen LogP contribution in [0.3, 0.4) is 0 Å². The number of benzene rings is 1. The molecule has 1 heterocycles. The minimum absolute atomic E-state index is 0.0173. The van der Waals surface area contributed by atoms with E-state index in [0.717, 1.165) is 37.2 Å². The van der Waals surface area contributed by atoms with Crippen molar-refractivity contribution in [3.63, 3.8) is 0 Å². The minimum atomic E-state index is -1.08. The van der Waals surface area contributed by atoms with Gasteiger partial charge in [-0.3, -0.25) is 4.79 Å². The molecule has 1 aromatic carbocycles. The van der Waals surface area contributed by atoms with Gasteiger partial charge >= 0.3 is 0 Å². The van der Waals surface area contributed by atoms with Gasteiger partial charge in [-0.1, -0.05) is 30.5 Å². The molecular formula is C19H24ClN2O3-. The number of hydrogen-bond donors (Lipinski definition) is 0. The second kappa shape index (κ2) is 7.65. The van der Waals surface area contributed by atoms with E-state index < -0.39 is 17.8 Å². The topological polar surface area (TPSA) is 63.7 Å². The summed E-state index contributed by atoms with van der Waals surface area (Å²) in [5, 5.41) is 12.1. The first-order valence-corrected chi connectivity index (χ1v) is 9.36. The molecular weight excluding hydrogens is 340 g/mol. The molecule has 0 N–H and O–H groups in total. The first-order valence-electron chi connectivity index (χ1n) is 8.98. The van der Waals surface area contributed by atoms with Gasteiger partial charge in [0.25, 0.3) is 0 Å². The number of carboxylic acid groups (broad SMARTS) is 1. The van der Waals surface area contributed by atoms with Crippen molar-refractivity contribution in [2.24, 2.45) is 11.8 Å². The average molecular weight is 364 g/mol. The molecule has 5 nitrogen and oxygen atoms in total. The van der Waals surface area contributed by atoms with Gasteiger partial charge in [-0.2, -0.15) is 0 Å². The van der Waals surface area contributed by atoms with Crippen molar-refractivity contribution >= 4 is 29.2 Å². The van der Waals surface area contributed by atoms with Gasteiger partial charge in [-0.05, 0) is 37.5 Å². The van der Waals surface area contributed by atoms with E-state index in [2.05, 4.69) is 11.8 Å². The van der Waals surface area contributed by atoms with Crippen molar-refractivity contribution in [3.8, 4) is 0 Å². The van der Waals surface area contributed by atoms with Crippen LogP contribution in [0.2, 0.25) is 5.02 Å². The van der Waals surface area contributed by atoms with Crippen LogP contribution in [-0.4, -0.2) is 43.0 Å². The number of carbonyl (C=O) groups is 2. The highest BCUT2D eigenvalue weighted by Gasteiger charge is 2.35. The molecule has 0 bridgehead atoms. The standard InChI is InChI=1S/C19H25ClN2O3/c1-13-6-7-14(20)12-17(13)21-8-10-22(11-9-21)18(23)15-4-2-3-5-16(15)19(24)25/h6-7,12,15-16H,2-5,8-11H2,1H3,(H,24,25)/p-1/t15-,16-/m1/s1. The molecule has 1 amide bonds. The molecule has 136 valence electrons. The first kappa shape index (κ1) is 18.1. The normalized spacial score (nSPS) is 24.2. The van der Waals surface area contributed by atoms with E-state index in [1.54, 1.807) is 0 Å². The first-order chi connectivity index (χ1) is 12.0. The molecule has 2 fully saturated rings. The summed E-state index contributed by atoms with van der Waals surface area (Å²) in [6.07, 6.45) is 3.00. The van der Waals surface area contributed by atoms with Crippen LogP contribution in [0.5, 0.6) is 0 Å². The molecule has 1 aliphatic carbocycles. The quantitative estimate of drug-likeness (QED) is 0.822. The van der Waals surface area contributed by atoms with Gasteiger partial charge in [0.05, 0.1) is 0 Å². The fraction of sp³-hybridized carbons (Fsp3) is 0.579. The number of anilines is 1. The predicted molar refractivity (Wildman–Crippen MR) is 95.4 cm³/mol. The second-order valence-electron chi connectivity index (χ2n) is 7.06. The molecule has 0 aromatic heterocycles. The Balaban J connectivity index is 1.64. The van der Waals surface area contributed by atoms with Crippen LogP contribution >= 0.6 is 11.6 Å². The Labute approximate surface area is 153 Å². The summed E-state index contributed by atoms with van der Waals surface area (Å²) in [6.45, 7) is 4.74. The van der Waals surface area contributed by atoms with Gasteiger partial charge in [0, 0.05) is 54.7 Å². The maximum atomic E-state index is 12.8. The summed E-state index contributed by atoms with van der Waals surface area (Å²) >= 11 is 6.11. The van der Waals surface area contributed by atoms with Crippen molar-refractivity contribution in [1.29, 1.82) is 0 Å². The van der Waals surface area contributed by atoms with Crippen LogP contribution in [-0.2, 0) is 9.59 Å². The van der Waals surface area contributed by atoms with E-state index >= 15 is 0 Å². The lowest BCUT2D eigenvalue weighted by molar-refractivity contribution is -0.314. The third kappa shape index (κ3) is 3.92. The molecule has 0 radical (unpaired) electrons. The third-order valence-electron chi connectivity index (χ3n) is 5.49. The van der Waals surface area contributed by atoms with E-state index in [0.29, 0.717) is 31.0 Å². The number of carboxylic acids is 1. The summed E-state index contributed by atoms with van der Waals surface area (Å²) in [5.41, 5.74) is 2.26. The number of halogens is 1. The van der Waals surface area contributed by atoms with Crippen LogP contribution in [0.15, 0.2) is 18.2 Å². The van der Waals surface area contributed by atoms with Crippen LogP contribution < -0.4 is 10.0 Å². The lowest BCUT2D eigenvalue weighted by Gasteiger charge is -2.40. The Hall–Kier alpha value is -1.75. The molecule has 1 saturated carbocycles. The molecule has 0 spiro atoms.